The number of fused-ring (bicyclic) bond motifs is 2. The standard InChI is InChI=1S/C27H27N3O4/c1-33-17-21(31)16-29-27(32)23-3-2-4-24-22(23)8-11-30(24)26-15-19(7-10-28-26)13-18-5-6-25-20(14-18)9-12-34-25/h2-7,9-10,12,14-15,21,31H,8,11,13,16-17H2,1H3,(H,29,32). The Kier molecular flexibility index (Phi) is 6.29. The van der Waals surface area contributed by atoms with E-state index in [0.717, 1.165) is 47.4 Å². The Balaban J connectivity index is 1.34. The Hall–Kier alpha value is -3.68. The lowest BCUT2D eigenvalue weighted by molar-refractivity contribution is 0.0609. The molecule has 0 saturated carbocycles. The monoisotopic (exact) mass is 457 g/mol. The highest BCUT2D eigenvalue weighted by Gasteiger charge is 2.26. The number of hydrogen-bond acceptors (Lipinski definition) is 6. The number of benzene rings is 2. The minimum atomic E-state index is -0.733. The third-order valence-corrected chi connectivity index (χ3v) is 6.14. The average Bonchev–Trinajstić information content (AvgIpc) is 3.49. The van der Waals surface area contributed by atoms with E-state index in [2.05, 4.69) is 33.4 Å². The molecule has 174 valence electrons. The average molecular weight is 458 g/mol. The number of ether oxygens (including phenoxy) is 1. The topological polar surface area (TPSA) is 87.8 Å². The van der Waals surface area contributed by atoms with Crippen LogP contribution < -0.4 is 10.2 Å². The van der Waals surface area contributed by atoms with Gasteiger partial charge in [-0.3, -0.25) is 4.79 Å². The maximum atomic E-state index is 12.8. The Morgan fingerprint density at radius 2 is 2.09 bits per heavy atom. The fraction of sp³-hybridized carbons (Fsp3) is 0.259. The molecule has 1 aliphatic rings. The Bertz CT molecular complexity index is 1320. The van der Waals surface area contributed by atoms with E-state index in [0.29, 0.717) is 5.56 Å². The predicted molar refractivity (Wildman–Crippen MR) is 131 cm³/mol. The van der Waals surface area contributed by atoms with Gasteiger partial charge in [0.25, 0.3) is 5.91 Å². The summed E-state index contributed by atoms with van der Waals surface area (Å²) in [6.45, 7) is 1.08. The molecule has 1 aliphatic heterocycles. The predicted octanol–water partition coefficient (Wildman–Crippen LogP) is 3.85. The second kappa shape index (κ2) is 9.67. The molecule has 7 heteroatoms. The molecule has 0 saturated heterocycles. The molecular weight excluding hydrogens is 430 g/mol. The lowest BCUT2D eigenvalue weighted by atomic mass is 10.0. The molecule has 1 unspecified atom stereocenters. The molecular formula is C27H27N3O4. The van der Waals surface area contributed by atoms with Gasteiger partial charge in [0, 0.05) is 43.0 Å². The molecule has 1 atom stereocenters. The largest absolute Gasteiger partial charge is 0.464 e. The first-order chi connectivity index (χ1) is 16.6. The normalized spacial score (nSPS) is 13.8. The Labute approximate surface area is 198 Å². The molecule has 34 heavy (non-hydrogen) atoms. The van der Waals surface area contributed by atoms with E-state index in [-0.39, 0.29) is 19.1 Å². The molecule has 7 nitrogen and oxygen atoms in total. The lowest BCUT2D eigenvalue weighted by Crippen LogP contribution is -2.34. The highest BCUT2D eigenvalue weighted by Crippen LogP contribution is 2.36. The van der Waals surface area contributed by atoms with Gasteiger partial charge in [0.05, 0.1) is 19.0 Å². The van der Waals surface area contributed by atoms with Crippen molar-refractivity contribution in [3.63, 3.8) is 0 Å². The number of nitrogens with one attached hydrogen (secondary N) is 1. The molecule has 0 spiro atoms. The van der Waals surface area contributed by atoms with Crippen molar-refractivity contribution in [3.05, 3.63) is 89.3 Å². The molecule has 1 amide bonds. The molecule has 0 bridgehead atoms. The van der Waals surface area contributed by atoms with Crippen LogP contribution in [0.4, 0.5) is 11.5 Å². The second-order valence-electron chi connectivity index (χ2n) is 8.52. The van der Waals surface area contributed by atoms with Crippen molar-refractivity contribution in [1.82, 2.24) is 10.3 Å². The first-order valence-corrected chi connectivity index (χ1v) is 11.4. The van der Waals surface area contributed by atoms with Gasteiger partial charge in [-0.2, -0.15) is 0 Å². The smallest absolute Gasteiger partial charge is 0.251 e. The van der Waals surface area contributed by atoms with Gasteiger partial charge in [-0.1, -0.05) is 12.1 Å². The summed E-state index contributed by atoms with van der Waals surface area (Å²) in [5.74, 6) is 0.680. The van der Waals surface area contributed by atoms with E-state index in [9.17, 15) is 9.90 Å². The molecule has 0 fully saturated rings. The van der Waals surface area contributed by atoms with Crippen LogP contribution in [0.25, 0.3) is 11.0 Å². The minimum Gasteiger partial charge on any atom is -0.464 e. The highest BCUT2D eigenvalue weighted by atomic mass is 16.5. The van der Waals surface area contributed by atoms with E-state index >= 15 is 0 Å². The fourth-order valence-corrected chi connectivity index (χ4v) is 4.52. The van der Waals surface area contributed by atoms with Gasteiger partial charge in [-0.15, -0.1) is 0 Å². The number of amides is 1. The van der Waals surface area contributed by atoms with Crippen LogP contribution in [0.3, 0.4) is 0 Å². The number of aliphatic hydroxyl groups excluding tert-OH is 1. The van der Waals surface area contributed by atoms with Crippen LogP contribution in [0.15, 0.2) is 71.5 Å². The summed E-state index contributed by atoms with van der Waals surface area (Å²) in [7, 11) is 1.52. The number of hydrogen-bond donors (Lipinski definition) is 2. The van der Waals surface area contributed by atoms with E-state index < -0.39 is 6.10 Å². The van der Waals surface area contributed by atoms with Crippen LogP contribution in [0, 0.1) is 0 Å². The quantitative estimate of drug-likeness (QED) is 0.418. The number of methoxy groups -OCH3 is 1. The Morgan fingerprint density at radius 3 is 2.97 bits per heavy atom. The van der Waals surface area contributed by atoms with E-state index in [1.807, 2.05) is 42.6 Å². The molecule has 2 aromatic carbocycles. The summed E-state index contributed by atoms with van der Waals surface area (Å²) < 4.78 is 10.4. The number of aromatic nitrogens is 1. The summed E-state index contributed by atoms with van der Waals surface area (Å²) in [4.78, 5) is 19.6. The number of furan rings is 1. The molecule has 0 aliphatic carbocycles. The van der Waals surface area contributed by atoms with Gasteiger partial charge >= 0.3 is 0 Å². The fourth-order valence-electron chi connectivity index (χ4n) is 4.52. The van der Waals surface area contributed by atoms with Crippen molar-refractivity contribution in [2.24, 2.45) is 0 Å². The summed E-state index contributed by atoms with van der Waals surface area (Å²) in [6.07, 6.45) is 4.36. The van der Waals surface area contributed by atoms with E-state index in [1.165, 1.54) is 18.2 Å². The highest BCUT2D eigenvalue weighted by molar-refractivity contribution is 5.98. The minimum absolute atomic E-state index is 0.147. The zero-order valence-electron chi connectivity index (χ0n) is 19.0. The number of carbonyl (C=O) groups excluding carboxylic acids is 1. The number of aliphatic hydroxyl groups is 1. The zero-order chi connectivity index (χ0) is 23.5. The van der Waals surface area contributed by atoms with Gasteiger partial charge in [0.2, 0.25) is 0 Å². The van der Waals surface area contributed by atoms with Crippen LogP contribution in [0.5, 0.6) is 0 Å². The molecule has 3 heterocycles. The third kappa shape index (κ3) is 4.53. The third-order valence-electron chi connectivity index (χ3n) is 6.14. The molecule has 2 aromatic heterocycles. The van der Waals surface area contributed by atoms with E-state index in [1.54, 1.807) is 6.26 Å². The second-order valence-corrected chi connectivity index (χ2v) is 8.52. The number of carbonyl (C=O) groups is 1. The molecule has 5 rings (SSSR count). The first kappa shape index (κ1) is 22.1. The van der Waals surface area contributed by atoms with Crippen molar-refractivity contribution in [2.45, 2.75) is 18.9 Å². The van der Waals surface area contributed by atoms with Gasteiger partial charge in [0.1, 0.15) is 11.4 Å². The summed E-state index contributed by atoms with van der Waals surface area (Å²) in [5, 5.41) is 13.7. The van der Waals surface area contributed by atoms with Crippen molar-refractivity contribution in [1.29, 1.82) is 0 Å². The van der Waals surface area contributed by atoms with Crippen molar-refractivity contribution in [3.8, 4) is 0 Å². The SMILES string of the molecule is COCC(O)CNC(=O)c1cccc2c1CCN2c1cc(Cc2ccc3occc3c2)ccn1. The summed E-state index contributed by atoms with van der Waals surface area (Å²) >= 11 is 0. The van der Waals surface area contributed by atoms with Crippen LogP contribution in [-0.4, -0.2) is 48.9 Å². The van der Waals surface area contributed by atoms with Gasteiger partial charge in [0.15, 0.2) is 0 Å². The summed E-state index contributed by atoms with van der Waals surface area (Å²) in [5.41, 5.74) is 5.90. The molecule has 0 radical (unpaired) electrons. The van der Waals surface area contributed by atoms with Crippen molar-refractivity contribution < 1.29 is 19.1 Å². The van der Waals surface area contributed by atoms with Crippen LogP contribution in [-0.2, 0) is 17.6 Å². The van der Waals surface area contributed by atoms with E-state index in [4.69, 9.17) is 9.15 Å². The molecule has 4 aromatic rings. The van der Waals surface area contributed by atoms with Gasteiger partial charge < -0.3 is 24.5 Å². The zero-order valence-corrected chi connectivity index (χ0v) is 19.0. The van der Waals surface area contributed by atoms with Gasteiger partial charge in [-0.25, -0.2) is 4.98 Å². The maximum absolute atomic E-state index is 12.8. The number of rotatable bonds is 8. The Morgan fingerprint density at radius 1 is 1.21 bits per heavy atom. The van der Waals surface area contributed by atoms with Crippen LogP contribution in [0.1, 0.15) is 27.0 Å². The van der Waals surface area contributed by atoms with Crippen LogP contribution >= 0.6 is 0 Å². The van der Waals surface area contributed by atoms with Gasteiger partial charge in [-0.05, 0) is 72.0 Å². The first-order valence-electron chi connectivity index (χ1n) is 11.4. The lowest BCUT2D eigenvalue weighted by Gasteiger charge is -2.19. The number of nitrogens with zero attached hydrogens (tertiary/aromatic N) is 2. The van der Waals surface area contributed by atoms with Crippen molar-refractivity contribution >= 4 is 28.4 Å². The number of anilines is 2. The number of pyridine rings is 1. The van der Waals surface area contributed by atoms with Crippen molar-refractivity contribution in [2.75, 3.05) is 31.7 Å². The molecule has 2 N–H and O–H groups in total. The van der Waals surface area contributed by atoms with Crippen LogP contribution in [0.2, 0.25) is 0 Å². The summed E-state index contributed by atoms with van der Waals surface area (Å²) in [6, 6.07) is 18.1. The maximum Gasteiger partial charge on any atom is 0.251 e.